The van der Waals surface area contributed by atoms with E-state index in [0.717, 1.165) is 0 Å². The standard InChI is InChI=1S/C19H20F2N2O3/c20-16-3-5-17(6-4-16)26-13-14-1-2-15(18(21)11-14)12-22-7-9-23(10-8-22)19(24)25/h1-6,11H,7-10,12-13H2,(H,24,25). The number of carboxylic acid groups (broad SMARTS) is 1. The number of nitrogens with zero attached hydrogens (tertiary/aromatic N) is 2. The van der Waals surface area contributed by atoms with Crippen LogP contribution in [0, 0.1) is 11.6 Å². The SMILES string of the molecule is O=C(O)N1CCN(Cc2ccc(COc3ccc(F)cc3)cc2F)CC1. The van der Waals surface area contributed by atoms with E-state index in [2.05, 4.69) is 0 Å². The van der Waals surface area contributed by atoms with Crippen molar-refractivity contribution < 1.29 is 23.4 Å². The molecule has 1 N–H and O–H groups in total. The van der Waals surface area contributed by atoms with Crippen molar-refractivity contribution in [1.29, 1.82) is 0 Å². The summed E-state index contributed by atoms with van der Waals surface area (Å²) in [6, 6.07) is 10.6. The van der Waals surface area contributed by atoms with Gasteiger partial charge in [0.05, 0.1) is 0 Å². The maximum atomic E-state index is 14.4. The third-order valence-corrected chi connectivity index (χ3v) is 4.37. The number of carbonyl (C=O) groups is 1. The number of hydrogen-bond acceptors (Lipinski definition) is 3. The van der Waals surface area contributed by atoms with Gasteiger partial charge in [0.15, 0.2) is 0 Å². The molecule has 26 heavy (non-hydrogen) atoms. The topological polar surface area (TPSA) is 53.0 Å². The molecule has 1 aliphatic heterocycles. The van der Waals surface area contributed by atoms with Crippen LogP contribution >= 0.6 is 0 Å². The molecule has 3 rings (SSSR count). The molecule has 0 aliphatic carbocycles. The van der Waals surface area contributed by atoms with E-state index < -0.39 is 6.09 Å². The van der Waals surface area contributed by atoms with Crippen LogP contribution in [0.3, 0.4) is 0 Å². The highest BCUT2D eigenvalue weighted by atomic mass is 19.1. The Morgan fingerprint density at radius 1 is 1.04 bits per heavy atom. The molecule has 0 aromatic heterocycles. The molecule has 0 spiro atoms. The van der Waals surface area contributed by atoms with Gasteiger partial charge >= 0.3 is 6.09 Å². The number of benzene rings is 2. The summed E-state index contributed by atoms with van der Waals surface area (Å²) in [5.74, 6) is -0.130. The van der Waals surface area contributed by atoms with Gasteiger partial charge < -0.3 is 14.7 Å². The van der Waals surface area contributed by atoms with Crippen molar-refractivity contribution in [2.45, 2.75) is 13.2 Å². The first-order valence-corrected chi connectivity index (χ1v) is 8.37. The van der Waals surface area contributed by atoms with Crippen molar-refractivity contribution in [2.24, 2.45) is 0 Å². The van der Waals surface area contributed by atoms with E-state index in [9.17, 15) is 13.6 Å². The normalized spacial score (nSPS) is 15.1. The lowest BCUT2D eigenvalue weighted by atomic mass is 10.1. The summed E-state index contributed by atoms with van der Waals surface area (Å²) in [6.45, 7) is 2.67. The predicted molar refractivity (Wildman–Crippen MR) is 92.0 cm³/mol. The molecule has 1 heterocycles. The Morgan fingerprint density at radius 2 is 1.73 bits per heavy atom. The molecular formula is C19H20F2N2O3. The van der Waals surface area contributed by atoms with Gasteiger partial charge in [0.25, 0.3) is 0 Å². The molecule has 2 aromatic carbocycles. The smallest absolute Gasteiger partial charge is 0.407 e. The van der Waals surface area contributed by atoms with Crippen LogP contribution in [-0.4, -0.2) is 47.2 Å². The van der Waals surface area contributed by atoms with Gasteiger partial charge in [-0.2, -0.15) is 0 Å². The highest BCUT2D eigenvalue weighted by Gasteiger charge is 2.21. The van der Waals surface area contributed by atoms with E-state index in [1.54, 1.807) is 12.1 Å². The Balaban J connectivity index is 1.54. The molecule has 138 valence electrons. The Morgan fingerprint density at radius 3 is 2.35 bits per heavy atom. The van der Waals surface area contributed by atoms with Crippen LogP contribution in [0.2, 0.25) is 0 Å². The lowest BCUT2D eigenvalue weighted by molar-refractivity contribution is 0.102. The molecule has 0 atom stereocenters. The van der Waals surface area contributed by atoms with Gasteiger partial charge in [-0.15, -0.1) is 0 Å². The van der Waals surface area contributed by atoms with E-state index in [-0.39, 0.29) is 18.2 Å². The van der Waals surface area contributed by atoms with Gasteiger partial charge in [0.2, 0.25) is 0 Å². The molecule has 7 heteroatoms. The molecule has 0 unspecified atom stereocenters. The summed E-state index contributed by atoms with van der Waals surface area (Å²) < 4.78 is 32.7. The number of piperazine rings is 1. The lowest BCUT2D eigenvalue weighted by Crippen LogP contribution is -2.47. The third-order valence-electron chi connectivity index (χ3n) is 4.37. The van der Waals surface area contributed by atoms with Crippen molar-refractivity contribution >= 4 is 6.09 Å². The summed E-state index contributed by atoms with van der Waals surface area (Å²) in [6.07, 6.45) is -0.915. The maximum Gasteiger partial charge on any atom is 0.407 e. The van der Waals surface area contributed by atoms with Gasteiger partial charge in [-0.05, 0) is 35.9 Å². The fraction of sp³-hybridized carbons (Fsp3) is 0.316. The highest BCUT2D eigenvalue weighted by Crippen LogP contribution is 2.17. The third kappa shape index (κ3) is 4.70. The molecule has 0 bridgehead atoms. The van der Waals surface area contributed by atoms with Gasteiger partial charge in [-0.25, -0.2) is 13.6 Å². The molecule has 1 fully saturated rings. The minimum Gasteiger partial charge on any atom is -0.489 e. The molecule has 1 saturated heterocycles. The van der Waals surface area contributed by atoms with Crippen LogP contribution in [-0.2, 0) is 13.2 Å². The van der Waals surface area contributed by atoms with E-state index >= 15 is 0 Å². The zero-order valence-corrected chi connectivity index (χ0v) is 14.2. The Kier molecular flexibility index (Phi) is 5.68. The number of rotatable bonds is 5. The quantitative estimate of drug-likeness (QED) is 0.886. The molecule has 0 saturated carbocycles. The summed E-state index contributed by atoms with van der Waals surface area (Å²) in [5.41, 5.74) is 1.26. The lowest BCUT2D eigenvalue weighted by Gasteiger charge is -2.33. The zero-order valence-electron chi connectivity index (χ0n) is 14.2. The summed E-state index contributed by atoms with van der Waals surface area (Å²) in [4.78, 5) is 14.3. The van der Waals surface area contributed by atoms with Crippen LogP contribution in [0.5, 0.6) is 5.75 Å². The fourth-order valence-corrected chi connectivity index (χ4v) is 2.84. The maximum absolute atomic E-state index is 14.4. The van der Waals surface area contributed by atoms with Crippen molar-refractivity contribution in [2.75, 3.05) is 26.2 Å². The van der Waals surface area contributed by atoms with Gasteiger partial charge in [-0.1, -0.05) is 12.1 Å². The second-order valence-electron chi connectivity index (χ2n) is 6.21. The van der Waals surface area contributed by atoms with E-state index in [4.69, 9.17) is 9.84 Å². The number of hydrogen-bond donors (Lipinski definition) is 1. The fourth-order valence-electron chi connectivity index (χ4n) is 2.84. The highest BCUT2D eigenvalue weighted by molar-refractivity contribution is 5.65. The first-order valence-electron chi connectivity index (χ1n) is 8.37. The van der Waals surface area contributed by atoms with Crippen LogP contribution in [0.15, 0.2) is 42.5 Å². The largest absolute Gasteiger partial charge is 0.489 e. The zero-order chi connectivity index (χ0) is 18.5. The minimum absolute atomic E-state index is 0.195. The molecule has 1 aliphatic rings. The second kappa shape index (κ2) is 8.14. The van der Waals surface area contributed by atoms with Crippen LogP contribution < -0.4 is 4.74 Å². The minimum atomic E-state index is -0.915. The van der Waals surface area contributed by atoms with Gasteiger partial charge in [0.1, 0.15) is 24.0 Å². The van der Waals surface area contributed by atoms with E-state index in [0.29, 0.717) is 49.6 Å². The van der Waals surface area contributed by atoms with Crippen molar-refractivity contribution in [3.8, 4) is 5.75 Å². The molecule has 0 radical (unpaired) electrons. The van der Waals surface area contributed by atoms with Gasteiger partial charge in [-0.3, -0.25) is 4.90 Å². The predicted octanol–water partition coefficient (Wildman–Crippen LogP) is 3.34. The summed E-state index contributed by atoms with van der Waals surface area (Å²) in [7, 11) is 0. The Bertz CT molecular complexity index is 760. The van der Waals surface area contributed by atoms with Crippen molar-refractivity contribution in [1.82, 2.24) is 9.80 Å². The molecular weight excluding hydrogens is 342 g/mol. The first kappa shape index (κ1) is 18.1. The van der Waals surface area contributed by atoms with Crippen molar-refractivity contribution in [3.05, 3.63) is 65.2 Å². The molecule has 1 amide bonds. The Hall–Kier alpha value is -2.67. The second-order valence-corrected chi connectivity index (χ2v) is 6.21. The summed E-state index contributed by atoms with van der Waals surface area (Å²) >= 11 is 0. The average molecular weight is 362 g/mol. The number of halogens is 2. The van der Waals surface area contributed by atoms with Crippen LogP contribution in [0.1, 0.15) is 11.1 Å². The average Bonchev–Trinajstić information content (AvgIpc) is 2.64. The summed E-state index contributed by atoms with van der Waals surface area (Å²) in [5, 5.41) is 8.95. The first-order chi connectivity index (χ1) is 12.5. The van der Waals surface area contributed by atoms with E-state index in [1.165, 1.54) is 35.2 Å². The van der Waals surface area contributed by atoms with Crippen LogP contribution in [0.25, 0.3) is 0 Å². The number of amides is 1. The Labute approximate surface area is 150 Å². The van der Waals surface area contributed by atoms with Crippen molar-refractivity contribution in [3.63, 3.8) is 0 Å². The molecule has 2 aromatic rings. The number of ether oxygens (including phenoxy) is 1. The van der Waals surface area contributed by atoms with Crippen LogP contribution in [0.4, 0.5) is 13.6 Å². The monoisotopic (exact) mass is 362 g/mol. The van der Waals surface area contributed by atoms with Gasteiger partial charge in [0, 0.05) is 38.3 Å². The van der Waals surface area contributed by atoms with E-state index in [1.807, 2.05) is 4.90 Å². The molecule has 5 nitrogen and oxygen atoms in total.